The highest BCUT2D eigenvalue weighted by Gasteiger charge is 2.40. The number of imidazole rings is 1. The first-order valence-corrected chi connectivity index (χ1v) is 9.33. The molecule has 1 aliphatic heterocycles. The fraction of sp³-hybridized carbons (Fsp3) is 0.600. The van der Waals surface area contributed by atoms with Gasteiger partial charge in [0.1, 0.15) is 12.4 Å². The summed E-state index contributed by atoms with van der Waals surface area (Å²) < 4.78 is 48.7. The molecule has 0 radical (unpaired) electrons. The topological polar surface area (TPSA) is 138 Å². The first-order valence-electron chi connectivity index (χ1n) is 6.07. The summed E-state index contributed by atoms with van der Waals surface area (Å²) in [5.74, 6) is -1.50. The molecular formula is C10H15N3O6S2. The monoisotopic (exact) mass is 337 g/mol. The highest BCUT2D eigenvalue weighted by molar-refractivity contribution is 7.92. The van der Waals surface area contributed by atoms with Gasteiger partial charge < -0.3 is 10.1 Å². The Labute approximate surface area is 122 Å². The van der Waals surface area contributed by atoms with Crippen LogP contribution in [0.2, 0.25) is 0 Å². The number of rotatable bonds is 5. The Hall–Kier alpha value is -1.46. The minimum absolute atomic E-state index is 0.0853. The summed E-state index contributed by atoms with van der Waals surface area (Å²) >= 11 is 0. The number of aromatic amines is 1. The average molecular weight is 337 g/mol. The van der Waals surface area contributed by atoms with E-state index in [0.29, 0.717) is 10.1 Å². The number of nitrogens with one attached hydrogen (secondary N) is 1. The summed E-state index contributed by atoms with van der Waals surface area (Å²) in [6.07, 6.45) is 1.17. The van der Waals surface area contributed by atoms with Gasteiger partial charge in [-0.1, -0.05) is 0 Å². The Bertz CT molecular complexity index is 752. The lowest BCUT2D eigenvalue weighted by Gasteiger charge is -2.24. The van der Waals surface area contributed by atoms with Crippen LogP contribution in [0.3, 0.4) is 0 Å². The number of nitrogens with zero attached hydrogens (tertiary/aromatic N) is 2. The molecule has 1 aromatic heterocycles. The van der Waals surface area contributed by atoms with Crippen molar-refractivity contribution in [1.82, 2.24) is 14.3 Å². The number of carbonyl (C=O) groups is 1. The summed E-state index contributed by atoms with van der Waals surface area (Å²) in [7, 11) is -7.48. The number of carboxylic acids is 1. The maximum absolute atomic E-state index is 12.5. The lowest BCUT2D eigenvalue weighted by atomic mass is 10.2. The van der Waals surface area contributed by atoms with E-state index in [1.807, 2.05) is 0 Å². The van der Waals surface area contributed by atoms with Gasteiger partial charge >= 0.3 is 5.97 Å². The van der Waals surface area contributed by atoms with E-state index in [2.05, 4.69) is 9.97 Å². The van der Waals surface area contributed by atoms with Crippen molar-refractivity contribution in [1.29, 1.82) is 0 Å². The molecule has 2 N–H and O–H groups in total. The van der Waals surface area contributed by atoms with Gasteiger partial charge in [-0.3, -0.25) is 4.79 Å². The molecule has 9 nitrogen and oxygen atoms in total. The molecule has 21 heavy (non-hydrogen) atoms. The Morgan fingerprint density at radius 3 is 2.67 bits per heavy atom. The van der Waals surface area contributed by atoms with Crippen molar-refractivity contribution in [2.24, 2.45) is 0 Å². The number of hydrogen-bond donors (Lipinski definition) is 2. The zero-order chi connectivity index (χ0) is 15.8. The van der Waals surface area contributed by atoms with Crippen molar-refractivity contribution >= 4 is 25.8 Å². The highest BCUT2D eigenvalue weighted by atomic mass is 32.2. The zero-order valence-corrected chi connectivity index (χ0v) is 12.8. The van der Waals surface area contributed by atoms with Crippen molar-refractivity contribution < 1.29 is 26.7 Å². The molecule has 0 aromatic carbocycles. The van der Waals surface area contributed by atoms with Gasteiger partial charge in [0, 0.05) is 6.04 Å². The summed E-state index contributed by atoms with van der Waals surface area (Å²) in [5, 5.41) is 8.66. The normalized spacial score (nSPS) is 21.7. The second-order valence-electron chi connectivity index (χ2n) is 4.83. The second-order valence-corrected chi connectivity index (χ2v) is 8.92. The van der Waals surface area contributed by atoms with E-state index in [1.165, 1.54) is 0 Å². The van der Waals surface area contributed by atoms with Gasteiger partial charge in [0.2, 0.25) is 0 Å². The van der Waals surface area contributed by atoms with Gasteiger partial charge in [-0.05, 0) is 13.3 Å². The molecule has 2 heterocycles. The average Bonchev–Trinajstić information content (AvgIpc) is 2.92. The first kappa shape index (κ1) is 15.9. The molecule has 0 bridgehead atoms. The molecule has 0 spiro atoms. The number of aryl methyl sites for hydroxylation is 1. The van der Waals surface area contributed by atoms with E-state index in [0.717, 1.165) is 6.20 Å². The van der Waals surface area contributed by atoms with Crippen molar-refractivity contribution in [2.45, 2.75) is 24.4 Å². The molecule has 1 fully saturated rings. The van der Waals surface area contributed by atoms with Crippen LogP contribution in [0.4, 0.5) is 0 Å². The maximum atomic E-state index is 12.5. The fourth-order valence-corrected chi connectivity index (χ4v) is 5.60. The molecular weight excluding hydrogens is 322 g/mol. The molecule has 1 aromatic rings. The highest BCUT2D eigenvalue weighted by Crippen LogP contribution is 2.24. The van der Waals surface area contributed by atoms with Crippen LogP contribution >= 0.6 is 0 Å². The Morgan fingerprint density at radius 2 is 2.24 bits per heavy atom. The molecule has 1 atom stereocenters. The summed E-state index contributed by atoms with van der Waals surface area (Å²) in [6, 6.07) is -0.875. The summed E-state index contributed by atoms with van der Waals surface area (Å²) in [4.78, 5) is 17.2. The van der Waals surface area contributed by atoms with Crippen LogP contribution in [0.1, 0.15) is 12.2 Å². The third kappa shape index (κ3) is 3.41. The van der Waals surface area contributed by atoms with Crippen molar-refractivity contribution in [2.75, 3.05) is 18.1 Å². The van der Waals surface area contributed by atoms with Gasteiger partial charge in [0.25, 0.3) is 10.0 Å². The third-order valence-corrected chi connectivity index (χ3v) is 6.73. The van der Waals surface area contributed by atoms with Gasteiger partial charge in [-0.15, -0.1) is 0 Å². The second kappa shape index (κ2) is 5.39. The van der Waals surface area contributed by atoms with Crippen molar-refractivity contribution in [3.05, 3.63) is 12.0 Å². The number of sulfonamides is 1. The van der Waals surface area contributed by atoms with Crippen molar-refractivity contribution in [3.8, 4) is 0 Å². The smallest absolute Gasteiger partial charge is 0.318 e. The maximum Gasteiger partial charge on any atom is 0.318 e. The van der Waals surface area contributed by atoms with Crippen molar-refractivity contribution in [3.63, 3.8) is 0 Å². The molecule has 1 saturated heterocycles. The predicted molar refractivity (Wildman–Crippen MR) is 71.9 cm³/mol. The van der Waals surface area contributed by atoms with Gasteiger partial charge in [-0.25, -0.2) is 21.8 Å². The Morgan fingerprint density at radius 1 is 1.57 bits per heavy atom. The molecule has 0 amide bonds. The van der Waals surface area contributed by atoms with E-state index in [4.69, 9.17) is 5.11 Å². The van der Waals surface area contributed by atoms with Crippen LogP contribution in [0.15, 0.2) is 11.2 Å². The molecule has 11 heteroatoms. The minimum atomic E-state index is -4.14. The quantitative estimate of drug-likeness (QED) is 0.701. The molecule has 0 aliphatic carbocycles. The molecule has 1 unspecified atom stereocenters. The predicted octanol–water partition coefficient (Wildman–Crippen LogP) is -1.02. The SMILES string of the molecule is Cc1ncc(S(=O)(=O)N(CC(=O)O)C2CCS(=O)(=O)C2)[nH]1. The molecule has 1 aliphatic rings. The van der Waals surface area contributed by atoms with Crippen LogP contribution in [0.5, 0.6) is 0 Å². The number of hydrogen-bond acceptors (Lipinski definition) is 6. The summed E-state index contributed by atoms with van der Waals surface area (Å²) in [6.45, 7) is 0.765. The van der Waals surface area contributed by atoms with Crippen LogP contribution in [-0.2, 0) is 24.7 Å². The van der Waals surface area contributed by atoms with Crippen LogP contribution in [0, 0.1) is 6.92 Å². The standard InChI is InChI=1S/C10H15N3O6S2/c1-7-11-4-9(12-7)21(18,19)13(5-10(14)15)8-2-3-20(16,17)6-8/h4,8H,2-3,5-6H2,1H3,(H,11,12)(H,14,15). The third-order valence-electron chi connectivity index (χ3n) is 3.17. The number of aliphatic carboxylic acids is 1. The lowest BCUT2D eigenvalue weighted by molar-refractivity contribution is -0.137. The zero-order valence-electron chi connectivity index (χ0n) is 11.2. The van der Waals surface area contributed by atoms with E-state index < -0.39 is 38.4 Å². The Kier molecular flexibility index (Phi) is 4.08. The van der Waals surface area contributed by atoms with Gasteiger partial charge in [0.15, 0.2) is 14.9 Å². The van der Waals surface area contributed by atoms with Crippen LogP contribution < -0.4 is 0 Å². The van der Waals surface area contributed by atoms with Gasteiger partial charge in [-0.2, -0.15) is 4.31 Å². The Balaban J connectivity index is 2.38. The molecule has 118 valence electrons. The van der Waals surface area contributed by atoms with E-state index in [1.54, 1.807) is 6.92 Å². The van der Waals surface area contributed by atoms with E-state index in [-0.39, 0.29) is 23.0 Å². The number of aromatic nitrogens is 2. The van der Waals surface area contributed by atoms with E-state index in [9.17, 15) is 21.6 Å². The summed E-state index contributed by atoms with van der Waals surface area (Å²) in [5.41, 5.74) is 0. The molecule has 2 rings (SSSR count). The van der Waals surface area contributed by atoms with Gasteiger partial charge in [0.05, 0.1) is 17.7 Å². The number of sulfone groups is 1. The number of carboxylic acid groups (broad SMARTS) is 1. The van der Waals surface area contributed by atoms with Crippen LogP contribution in [0.25, 0.3) is 0 Å². The largest absolute Gasteiger partial charge is 0.480 e. The van der Waals surface area contributed by atoms with Crippen LogP contribution in [-0.4, -0.2) is 66.3 Å². The minimum Gasteiger partial charge on any atom is -0.480 e. The molecule has 0 saturated carbocycles. The lowest BCUT2D eigenvalue weighted by Crippen LogP contribution is -2.44. The fourth-order valence-electron chi connectivity index (χ4n) is 2.20. The first-order chi connectivity index (χ1) is 9.62. The number of H-pyrrole nitrogens is 1. The van der Waals surface area contributed by atoms with E-state index >= 15 is 0 Å².